The smallest absolute Gasteiger partial charge is 0.137 e. The zero-order chi connectivity index (χ0) is 9.42. The summed E-state index contributed by atoms with van der Waals surface area (Å²) >= 11 is 0. The minimum absolute atomic E-state index is 0.355. The summed E-state index contributed by atoms with van der Waals surface area (Å²) in [4.78, 5) is 13.9. The third-order valence-corrected chi connectivity index (χ3v) is 3.62. The van der Waals surface area contributed by atoms with Crippen LogP contribution in [0.1, 0.15) is 25.7 Å². The molecule has 0 spiro atoms. The van der Waals surface area contributed by atoms with Crippen LogP contribution in [0, 0.1) is 17.8 Å². The lowest BCUT2D eigenvalue weighted by atomic mass is 9.79. The van der Waals surface area contributed by atoms with Gasteiger partial charge in [-0.05, 0) is 45.2 Å². The van der Waals surface area contributed by atoms with E-state index in [1.54, 1.807) is 0 Å². The van der Waals surface area contributed by atoms with E-state index in [9.17, 15) is 4.79 Å². The highest BCUT2D eigenvalue weighted by Gasteiger charge is 2.40. The van der Waals surface area contributed by atoms with Crippen molar-refractivity contribution in [2.75, 3.05) is 20.6 Å². The second-order valence-corrected chi connectivity index (χ2v) is 4.98. The van der Waals surface area contributed by atoms with E-state index < -0.39 is 0 Å². The van der Waals surface area contributed by atoms with E-state index in [1.165, 1.54) is 19.3 Å². The highest BCUT2D eigenvalue weighted by molar-refractivity contribution is 5.82. The van der Waals surface area contributed by atoms with Crippen molar-refractivity contribution in [3.8, 4) is 0 Å². The minimum Gasteiger partial charge on any atom is -0.309 e. The fourth-order valence-corrected chi connectivity index (χ4v) is 3.01. The number of hydrogen-bond acceptors (Lipinski definition) is 2. The average Bonchev–Trinajstić information content (AvgIpc) is 2.42. The molecule has 1 unspecified atom stereocenters. The Kier molecular flexibility index (Phi) is 2.41. The Labute approximate surface area is 80.3 Å². The molecule has 0 aromatic rings. The first-order chi connectivity index (χ1) is 6.16. The van der Waals surface area contributed by atoms with Gasteiger partial charge < -0.3 is 4.90 Å². The van der Waals surface area contributed by atoms with Gasteiger partial charge in [0, 0.05) is 18.9 Å². The van der Waals surface area contributed by atoms with Crippen LogP contribution in [0.25, 0.3) is 0 Å². The van der Waals surface area contributed by atoms with Gasteiger partial charge in [0.15, 0.2) is 0 Å². The van der Waals surface area contributed by atoms with Crippen LogP contribution < -0.4 is 0 Å². The van der Waals surface area contributed by atoms with Gasteiger partial charge >= 0.3 is 0 Å². The quantitative estimate of drug-likeness (QED) is 0.644. The van der Waals surface area contributed by atoms with Crippen molar-refractivity contribution in [2.24, 2.45) is 17.8 Å². The number of fused-ring (bicyclic) bond motifs is 2. The summed E-state index contributed by atoms with van der Waals surface area (Å²) < 4.78 is 0. The number of hydrogen-bond donors (Lipinski definition) is 0. The number of nitrogens with zero attached hydrogens (tertiary/aromatic N) is 1. The molecule has 2 heteroatoms. The molecule has 0 saturated heterocycles. The molecule has 0 aromatic heterocycles. The first kappa shape index (κ1) is 9.20. The second-order valence-electron chi connectivity index (χ2n) is 4.98. The largest absolute Gasteiger partial charge is 0.309 e. The maximum absolute atomic E-state index is 11.8. The predicted molar refractivity (Wildman–Crippen MR) is 52.5 cm³/mol. The van der Waals surface area contributed by atoms with E-state index in [0.29, 0.717) is 17.6 Å². The summed E-state index contributed by atoms with van der Waals surface area (Å²) in [5.74, 6) is 2.35. The normalized spacial score (nSPS) is 38.7. The predicted octanol–water partition coefficient (Wildman–Crippen LogP) is 1.55. The molecule has 3 atom stereocenters. The molecular weight excluding hydrogens is 162 g/mol. The van der Waals surface area contributed by atoms with Crippen LogP contribution in [0.4, 0.5) is 0 Å². The molecule has 0 heterocycles. The highest BCUT2D eigenvalue weighted by Crippen LogP contribution is 2.43. The van der Waals surface area contributed by atoms with Gasteiger partial charge in [0.2, 0.25) is 0 Å². The van der Waals surface area contributed by atoms with Crippen LogP contribution in [-0.2, 0) is 4.79 Å². The Hall–Kier alpha value is -0.370. The topological polar surface area (TPSA) is 20.3 Å². The van der Waals surface area contributed by atoms with Crippen molar-refractivity contribution >= 4 is 5.78 Å². The SMILES string of the molecule is CN(C)CC1C(=O)C[C@H]2CC[C@@H]1C2. The van der Waals surface area contributed by atoms with Crippen molar-refractivity contribution in [3.63, 3.8) is 0 Å². The van der Waals surface area contributed by atoms with Gasteiger partial charge in [-0.2, -0.15) is 0 Å². The van der Waals surface area contributed by atoms with Crippen LogP contribution in [0.2, 0.25) is 0 Å². The summed E-state index contributed by atoms with van der Waals surface area (Å²) in [5, 5.41) is 0. The number of ketones is 1. The van der Waals surface area contributed by atoms with Gasteiger partial charge in [-0.3, -0.25) is 4.79 Å². The molecule has 2 saturated carbocycles. The van der Waals surface area contributed by atoms with Gasteiger partial charge in [0.05, 0.1) is 0 Å². The minimum atomic E-state index is 0.355. The second kappa shape index (κ2) is 3.41. The fourth-order valence-electron chi connectivity index (χ4n) is 3.01. The Bertz CT molecular complexity index is 212. The first-order valence-corrected chi connectivity index (χ1v) is 5.34. The standard InChI is InChI=1S/C11H19NO/c1-12(2)7-10-9-4-3-8(5-9)6-11(10)13/h8-10H,3-7H2,1-2H3/t8-,9+,10?/m0/s1. The van der Waals surface area contributed by atoms with Crippen LogP contribution in [0.3, 0.4) is 0 Å². The molecular formula is C11H19NO. The fraction of sp³-hybridized carbons (Fsp3) is 0.909. The Balaban J connectivity index is 2.03. The summed E-state index contributed by atoms with van der Waals surface area (Å²) in [6.07, 6.45) is 4.80. The van der Waals surface area contributed by atoms with Crippen LogP contribution in [0.5, 0.6) is 0 Å². The average molecular weight is 181 g/mol. The highest BCUT2D eigenvalue weighted by atomic mass is 16.1. The lowest BCUT2D eigenvalue weighted by Gasteiger charge is -2.29. The van der Waals surface area contributed by atoms with Crippen molar-refractivity contribution < 1.29 is 4.79 Å². The van der Waals surface area contributed by atoms with Crippen molar-refractivity contribution in [2.45, 2.75) is 25.7 Å². The van der Waals surface area contributed by atoms with E-state index in [4.69, 9.17) is 0 Å². The lowest BCUT2D eigenvalue weighted by Crippen LogP contribution is -2.35. The Morgan fingerprint density at radius 3 is 2.85 bits per heavy atom. The van der Waals surface area contributed by atoms with Crippen LogP contribution >= 0.6 is 0 Å². The van der Waals surface area contributed by atoms with Gasteiger partial charge in [0.25, 0.3) is 0 Å². The number of carbonyl (C=O) groups is 1. The number of carbonyl (C=O) groups excluding carboxylic acids is 1. The van der Waals surface area contributed by atoms with Crippen LogP contribution in [-0.4, -0.2) is 31.3 Å². The maximum Gasteiger partial charge on any atom is 0.137 e. The van der Waals surface area contributed by atoms with E-state index in [1.807, 2.05) is 0 Å². The molecule has 13 heavy (non-hydrogen) atoms. The molecule has 0 amide bonds. The number of Topliss-reactive ketones (excluding diaryl/α,β-unsaturated/α-hetero) is 1. The molecule has 2 fully saturated rings. The summed E-state index contributed by atoms with van der Waals surface area (Å²) in [6, 6.07) is 0. The van der Waals surface area contributed by atoms with Gasteiger partial charge in [-0.1, -0.05) is 0 Å². The third kappa shape index (κ3) is 1.78. The molecule has 2 aliphatic rings. The maximum atomic E-state index is 11.8. The summed E-state index contributed by atoms with van der Waals surface area (Å²) in [6.45, 7) is 0.968. The van der Waals surface area contributed by atoms with Crippen molar-refractivity contribution in [3.05, 3.63) is 0 Å². The van der Waals surface area contributed by atoms with Gasteiger partial charge in [0.1, 0.15) is 5.78 Å². The molecule has 2 rings (SSSR count). The van der Waals surface area contributed by atoms with E-state index in [0.717, 1.165) is 18.9 Å². The van der Waals surface area contributed by atoms with Gasteiger partial charge in [-0.25, -0.2) is 0 Å². The molecule has 0 radical (unpaired) electrons. The zero-order valence-electron chi connectivity index (χ0n) is 8.62. The van der Waals surface area contributed by atoms with Crippen molar-refractivity contribution in [1.82, 2.24) is 4.90 Å². The molecule has 2 nitrogen and oxygen atoms in total. The molecule has 2 aliphatic carbocycles. The molecule has 0 N–H and O–H groups in total. The summed E-state index contributed by atoms with van der Waals surface area (Å²) in [7, 11) is 4.13. The van der Waals surface area contributed by atoms with Crippen molar-refractivity contribution in [1.29, 1.82) is 0 Å². The lowest BCUT2D eigenvalue weighted by molar-refractivity contribution is -0.127. The zero-order valence-corrected chi connectivity index (χ0v) is 8.62. The van der Waals surface area contributed by atoms with E-state index in [-0.39, 0.29) is 0 Å². The summed E-state index contributed by atoms with van der Waals surface area (Å²) in [5.41, 5.74) is 0. The third-order valence-electron chi connectivity index (χ3n) is 3.62. The Morgan fingerprint density at radius 2 is 2.15 bits per heavy atom. The first-order valence-electron chi connectivity index (χ1n) is 5.34. The van der Waals surface area contributed by atoms with Gasteiger partial charge in [-0.15, -0.1) is 0 Å². The monoisotopic (exact) mass is 181 g/mol. The van der Waals surface area contributed by atoms with E-state index >= 15 is 0 Å². The number of rotatable bonds is 2. The van der Waals surface area contributed by atoms with Crippen LogP contribution in [0.15, 0.2) is 0 Å². The molecule has 2 bridgehead atoms. The molecule has 0 aromatic carbocycles. The molecule has 74 valence electrons. The Morgan fingerprint density at radius 1 is 1.38 bits per heavy atom. The van der Waals surface area contributed by atoms with E-state index in [2.05, 4.69) is 19.0 Å². The molecule has 0 aliphatic heterocycles.